The number of unbranched alkanes of at least 4 members (excludes halogenated alkanes) is 5. The van der Waals surface area contributed by atoms with Crippen molar-refractivity contribution in [2.45, 2.75) is 51.9 Å². The quantitative estimate of drug-likeness (QED) is 0.290. The van der Waals surface area contributed by atoms with Crippen molar-refractivity contribution in [3.05, 3.63) is 60.2 Å². The maximum Gasteiger partial charge on any atom is 0.306 e. The van der Waals surface area contributed by atoms with Gasteiger partial charge in [0.25, 0.3) is 0 Å². The van der Waals surface area contributed by atoms with Crippen molar-refractivity contribution < 1.29 is 14.3 Å². The summed E-state index contributed by atoms with van der Waals surface area (Å²) in [6.07, 6.45) is 7.13. The van der Waals surface area contributed by atoms with Crippen LogP contribution in [0.15, 0.2) is 54.6 Å². The molecule has 26 heavy (non-hydrogen) atoms. The number of carbonyl (C=O) groups excluding carboxylic acids is 2. The van der Waals surface area contributed by atoms with Gasteiger partial charge in [0, 0.05) is 12.0 Å². The van der Waals surface area contributed by atoms with Gasteiger partial charge < -0.3 is 4.74 Å². The number of hydrogen-bond donors (Lipinski definition) is 0. The minimum Gasteiger partial charge on any atom is -0.457 e. The lowest BCUT2D eigenvalue weighted by Crippen LogP contribution is -2.13. The maximum absolute atomic E-state index is 12.2. The van der Waals surface area contributed by atoms with Crippen LogP contribution in [-0.4, -0.2) is 18.4 Å². The number of ketones is 1. The van der Waals surface area contributed by atoms with E-state index in [0.29, 0.717) is 12.0 Å². The van der Waals surface area contributed by atoms with E-state index in [0.717, 1.165) is 30.4 Å². The van der Waals surface area contributed by atoms with Crippen LogP contribution in [0, 0.1) is 0 Å². The molecular weight excluding hydrogens is 324 g/mol. The second-order valence-electron chi connectivity index (χ2n) is 6.55. The summed E-state index contributed by atoms with van der Waals surface area (Å²) in [5, 5.41) is 0. The number of carbonyl (C=O) groups is 2. The second kappa shape index (κ2) is 11.2. The summed E-state index contributed by atoms with van der Waals surface area (Å²) in [6.45, 7) is 2.00. The van der Waals surface area contributed by atoms with Crippen LogP contribution in [0.1, 0.15) is 62.2 Å². The van der Waals surface area contributed by atoms with Gasteiger partial charge in [-0.05, 0) is 17.5 Å². The third kappa shape index (κ3) is 6.83. The fourth-order valence-corrected chi connectivity index (χ4v) is 2.83. The predicted octanol–water partition coefficient (Wildman–Crippen LogP) is 5.83. The third-order valence-corrected chi connectivity index (χ3v) is 4.41. The van der Waals surface area contributed by atoms with Crippen LogP contribution in [0.4, 0.5) is 0 Å². The van der Waals surface area contributed by atoms with Crippen LogP contribution < -0.4 is 0 Å². The van der Waals surface area contributed by atoms with E-state index in [1.807, 2.05) is 42.5 Å². The average molecular weight is 352 g/mol. The molecule has 0 saturated heterocycles. The number of esters is 1. The highest BCUT2D eigenvalue weighted by molar-refractivity contribution is 5.98. The van der Waals surface area contributed by atoms with Gasteiger partial charge in [0.1, 0.15) is 0 Å². The highest BCUT2D eigenvalue weighted by Crippen LogP contribution is 2.19. The Bertz CT molecular complexity index is 674. The first kappa shape index (κ1) is 19.9. The van der Waals surface area contributed by atoms with Gasteiger partial charge in [-0.1, -0.05) is 93.6 Å². The first-order valence-electron chi connectivity index (χ1n) is 9.55. The molecule has 0 fully saturated rings. The van der Waals surface area contributed by atoms with Gasteiger partial charge >= 0.3 is 5.97 Å². The van der Waals surface area contributed by atoms with E-state index in [2.05, 4.69) is 6.92 Å². The van der Waals surface area contributed by atoms with E-state index in [1.165, 1.54) is 19.3 Å². The maximum atomic E-state index is 12.2. The molecule has 0 radical (unpaired) electrons. The monoisotopic (exact) mass is 352 g/mol. The summed E-state index contributed by atoms with van der Waals surface area (Å²) < 4.78 is 5.11. The third-order valence-electron chi connectivity index (χ3n) is 4.41. The summed E-state index contributed by atoms with van der Waals surface area (Å²) in [6, 6.07) is 17.4. The molecule has 2 rings (SSSR count). The first-order chi connectivity index (χ1) is 12.7. The number of rotatable bonds is 11. The Morgan fingerprint density at radius 2 is 1.38 bits per heavy atom. The molecule has 0 aliphatic heterocycles. The number of Topliss-reactive ketones (excluding diaryl/α,β-unsaturated/α-hetero) is 1. The fraction of sp³-hybridized carbons (Fsp3) is 0.391. The van der Waals surface area contributed by atoms with Crippen molar-refractivity contribution in [3.8, 4) is 11.1 Å². The Balaban J connectivity index is 1.71. The molecule has 0 atom stereocenters. The summed E-state index contributed by atoms with van der Waals surface area (Å²) in [5.74, 6) is -0.448. The normalized spacial score (nSPS) is 10.5. The van der Waals surface area contributed by atoms with Gasteiger partial charge in [0.2, 0.25) is 0 Å². The van der Waals surface area contributed by atoms with Crippen molar-refractivity contribution in [2.75, 3.05) is 6.61 Å². The molecule has 0 amide bonds. The molecule has 0 N–H and O–H groups in total. The van der Waals surface area contributed by atoms with Gasteiger partial charge in [-0.15, -0.1) is 0 Å². The van der Waals surface area contributed by atoms with E-state index in [-0.39, 0.29) is 18.4 Å². The van der Waals surface area contributed by atoms with Gasteiger partial charge in [-0.2, -0.15) is 0 Å². The fourth-order valence-electron chi connectivity index (χ4n) is 2.83. The van der Waals surface area contributed by atoms with Crippen LogP contribution in [0.3, 0.4) is 0 Å². The molecule has 2 aromatic rings. The standard InChI is InChI=1S/C23H28O3/c1-2-3-4-5-6-10-13-23(25)26-18-22(24)21-16-14-20(15-17-21)19-11-8-7-9-12-19/h7-9,11-12,14-17H,2-6,10,13,18H2,1H3. The molecule has 0 aliphatic rings. The lowest BCUT2D eigenvalue weighted by molar-refractivity contribution is -0.142. The molecule has 0 unspecified atom stereocenters. The molecular formula is C23H28O3. The van der Waals surface area contributed by atoms with Gasteiger partial charge in [0.15, 0.2) is 12.4 Å². The van der Waals surface area contributed by atoms with E-state index in [4.69, 9.17) is 4.74 Å². The second-order valence-corrected chi connectivity index (χ2v) is 6.55. The minimum absolute atomic E-state index is 0.166. The average Bonchev–Trinajstić information content (AvgIpc) is 2.69. The molecule has 0 heterocycles. The summed E-state index contributed by atoms with van der Waals surface area (Å²) in [5.41, 5.74) is 2.73. The Morgan fingerprint density at radius 3 is 2.08 bits per heavy atom. The molecule has 2 aromatic carbocycles. The van der Waals surface area contributed by atoms with Crippen molar-refractivity contribution in [2.24, 2.45) is 0 Å². The van der Waals surface area contributed by atoms with Crippen molar-refractivity contribution in [3.63, 3.8) is 0 Å². The van der Waals surface area contributed by atoms with E-state index in [1.54, 1.807) is 12.1 Å². The molecule has 0 saturated carbocycles. The first-order valence-corrected chi connectivity index (χ1v) is 9.55. The zero-order valence-corrected chi connectivity index (χ0v) is 15.6. The van der Waals surface area contributed by atoms with Crippen molar-refractivity contribution >= 4 is 11.8 Å². The summed E-state index contributed by atoms with van der Waals surface area (Å²) >= 11 is 0. The SMILES string of the molecule is CCCCCCCCC(=O)OCC(=O)c1ccc(-c2ccccc2)cc1. The minimum atomic E-state index is -0.283. The van der Waals surface area contributed by atoms with E-state index < -0.39 is 0 Å². The molecule has 3 nitrogen and oxygen atoms in total. The van der Waals surface area contributed by atoms with Crippen LogP contribution in [0.2, 0.25) is 0 Å². The van der Waals surface area contributed by atoms with Crippen molar-refractivity contribution in [1.29, 1.82) is 0 Å². The van der Waals surface area contributed by atoms with E-state index >= 15 is 0 Å². The number of benzene rings is 2. The molecule has 138 valence electrons. The van der Waals surface area contributed by atoms with E-state index in [9.17, 15) is 9.59 Å². The van der Waals surface area contributed by atoms with Crippen molar-refractivity contribution in [1.82, 2.24) is 0 Å². The Labute approximate surface area is 156 Å². The molecule has 0 bridgehead atoms. The van der Waals surface area contributed by atoms with Gasteiger partial charge in [-0.3, -0.25) is 9.59 Å². The molecule has 3 heteroatoms. The van der Waals surface area contributed by atoms with Crippen LogP contribution >= 0.6 is 0 Å². The zero-order chi connectivity index (χ0) is 18.6. The van der Waals surface area contributed by atoms with Crippen LogP contribution in [0.25, 0.3) is 11.1 Å². The lowest BCUT2D eigenvalue weighted by Gasteiger charge is -2.06. The van der Waals surface area contributed by atoms with Crippen LogP contribution in [0.5, 0.6) is 0 Å². The number of ether oxygens (including phenoxy) is 1. The smallest absolute Gasteiger partial charge is 0.306 e. The summed E-state index contributed by atoms with van der Waals surface area (Å²) in [4.78, 5) is 23.9. The predicted molar refractivity (Wildman–Crippen MR) is 105 cm³/mol. The topological polar surface area (TPSA) is 43.4 Å². The molecule has 0 aromatic heterocycles. The highest BCUT2D eigenvalue weighted by Gasteiger charge is 2.10. The molecule has 0 aliphatic carbocycles. The van der Waals surface area contributed by atoms with Crippen LogP contribution in [-0.2, 0) is 9.53 Å². The Morgan fingerprint density at radius 1 is 0.769 bits per heavy atom. The highest BCUT2D eigenvalue weighted by atomic mass is 16.5. The lowest BCUT2D eigenvalue weighted by atomic mass is 10.0. The van der Waals surface area contributed by atoms with Gasteiger partial charge in [-0.25, -0.2) is 0 Å². The zero-order valence-electron chi connectivity index (χ0n) is 15.6. The Kier molecular flexibility index (Phi) is 8.61. The Hall–Kier alpha value is -2.42. The molecule has 0 spiro atoms. The van der Waals surface area contributed by atoms with Gasteiger partial charge in [0.05, 0.1) is 0 Å². The summed E-state index contributed by atoms with van der Waals surface area (Å²) in [7, 11) is 0. The number of hydrogen-bond acceptors (Lipinski definition) is 3. The largest absolute Gasteiger partial charge is 0.457 e.